The van der Waals surface area contributed by atoms with E-state index in [0.29, 0.717) is 12.7 Å². The Hall–Kier alpha value is -1.62. The minimum absolute atomic E-state index is 0.195. The van der Waals surface area contributed by atoms with Gasteiger partial charge < -0.3 is 19.2 Å². The summed E-state index contributed by atoms with van der Waals surface area (Å²) < 4.78 is 17.0. The third-order valence-corrected chi connectivity index (χ3v) is 4.45. The van der Waals surface area contributed by atoms with Gasteiger partial charge in [-0.3, -0.25) is 0 Å². The lowest BCUT2D eigenvalue weighted by Gasteiger charge is -2.22. The molecule has 130 valence electrons. The fourth-order valence-electron chi connectivity index (χ4n) is 2.94. The van der Waals surface area contributed by atoms with Crippen LogP contribution in [0.15, 0.2) is 40.8 Å². The zero-order valence-corrected chi connectivity index (χ0v) is 14.6. The number of aryl methyl sites for hydroxylation is 1. The summed E-state index contributed by atoms with van der Waals surface area (Å²) >= 11 is 0. The fourth-order valence-corrected chi connectivity index (χ4v) is 2.94. The van der Waals surface area contributed by atoms with Crippen molar-refractivity contribution in [3.63, 3.8) is 0 Å². The second kappa shape index (κ2) is 8.47. The van der Waals surface area contributed by atoms with E-state index in [-0.39, 0.29) is 6.04 Å². The van der Waals surface area contributed by atoms with Gasteiger partial charge in [-0.2, -0.15) is 0 Å². The molecule has 1 atom stereocenters. The van der Waals surface area contributed by atoms with E-state index in [1.165, 1.54) is 11.1 Å². The van der Waals surface area contributed by atoms with Crippen molar-refractivity contribution in [1.29, 1.82) is 0 Å². The predicted molar refractivity (Wildman–Crippen MR) is 93.8 cm³/mol. The molecule has 1 aliphatic rings. The molecule has 4 heteroatoms. The van der Waals surface area contributed by atoms with Gasteiger partial charge in [0.05, 0.1) is 18.8 Å². The molecule has 1 saturated heterocycles. The summed E-state index contributed by atoms with van der Waals surface area (Å²) in [6, 6.07) is 12.8. The highest BCUT2D eigenvalue weighted by Gasteiger charge is 2.14. The summed E-state index contributed by atoms with van der Waals surface area (Å²) in [5.74, 6) is 1.93. The molecular formula is C20H27NO3. The molecular weight excluding hydrogens is 302 g/mol. The minimum atomic E-state index is 0.195. The van der Waals surface area contributed by atoms with Gasteiger partial charge in [0, 0.05) is 19.8 Å². The Morgan fingerprint density at radius 1 is 1.17 bits per heavy atom. The van der Waals surface area contributed by atoms with Crippen molar-refractivity contribution in [1.82, 2.24) is 5.32 Å². The van der Waals surface area contributed by atoms with Gasteiger partial charge in [-0.25, -0.2) is 0 Å². The third-order valence-electron chi connectivity index (χ3n) is 4.45. The summed E-state index contributed by atoms with van der Waals surface area (Å²) in [5.41, 5.74) is 2.49. The highest BCUT2D eigenvalue weighted by Crippen LogP contribution is 2.17. The van der Waals surface area contributed by atoms with Crippen molar-refractivity contribution in [3.05, 3.63) is 59.0 Å². The molecule has 1 aromatic carbocycles. The molecule has 1 fully saturated rings. The highest BCUT2D eigenvalue weighted by atomic mass is 16.5. The lowest BCUT2D eigenvalue weighted by atomic mass is 10.1. The number of ether oxygens (including phenoxy) is 2. The molecule has 2 heterocycles. The number of rotatable bonds is 7. The van der Waals surface area contributed by atoms with Crippen molar-refractivity contribution in [3.8, 4) is 0 Å². The molecule has 2 aromatic rings. The Bertz CT molecular complexity index is 631. The largest absolute Gasteiger partial charge is 0.465 e. The van der Waals surface area contributed by atoms with Crippen molar-refractivity contribution in [2.75, 3.05) is 13.2 Å². The lowest BCUT2D eigenvalue weighted by molar-refractivity contribution is -0.0390. The van der Waals surface area contributed by atoms with Crippen LogP contribution in [-0.4, -0.2) is 19.3 Å². The smallest absolute Gasteiger partial charge is 0.120 e. The molecule has 1 N–H and O–H groups in total. The van der Waals surface area contributed by atoms with Gasteiger partial charge in [0.15, 0.2) is 0 Å². The maximum Gasteiger partial charge on any atom is 0.120 e. The van der Waals surface area contributed by atoms with Crippen LogP contribution in [0, 0.1) is 6.92 Å². The predicted octanol–water partition coefficient (Wildman–Crippen LogP) is 4.13. The zero-order valence-electron chi connectivity index (χ0n) is 14.6. The average Bonchev–Trinajstić information content (AvgIpc) is 3.06. The molecule has 4 nitrogen and oxygen atoms in total. The van der Waals surface area contributed by atoms with Crippen LogP contribution < -0.4 is 5.32 Å². The first-order valence-corrected chi connectivity index (χ1v) is 8.77. The first kappa shape index (κ1) is 17.2. The minimum Gasteiger partial charge on any atom is -0.465 e. The number of hydrogen-bond donors (Lipinski definition) is 1. The normalized spacial score (nSPS) is 17.1. The van der Waals surface area contributed by atoms with Gasteiger partial charge in [-0.1, -0.05) is 24.3 Å². The van der Waals surface area contributed by atoms with Gasteiger partial charge in [0.25, 0.3) is 0 Å². The van der Waals surface area contributed by atoms with E-state index >= 15 is 0 Å². The topological polar surface area (TPSA) is 43.6 Å². The second-order valence-electron chi connectivity index (χ2n) is 6.49. The molecule has 0 aliphatic carbocycles. The Balaban J connectivity index is 1.49. The molecule has 1 aromatic heterocycles. The molecule has 0 spiro atoms. The molecule has 0 amide bonds. The third kappa shape index (κ3) is 4.94. The fraction of sp³-hybridized carbons (Fsp3) is 0.500. The van der Waals surface area contributed by atoms with Crippen LogP contribution in [-0.2, 0) is 22.6 Å². The van der Waals surface area contributed by atoms with Crippen molar-refractivity contribution in [2.24, 2.45) is 0 Å². The summed E-state index contributed by atoms with van der Waals surface area (Å²) in [4.78, 5) is 0. The molecule has 0 unspecified atom stereocenters. The van der Waals surface area contributed by atoms with Crippen LogP contribution in [0.1, 0.15) is 48.5 Å². The monoisotopic (exact) mass is 329 g/mol. The Kier molecular flexibility index (Phi) is 6.07. The van der Waals surface area contributed by atoms with E-state index in [4.69, 9.17) is 13.9 Å². The standard InChI is InChI=1S/C20H27NO3/c1-15-6-7-20(24-15)16(2)21-13-17-4-3-5-18(12-17)14-23-19-8-10-22-11-9-19/h3-7,12,16,19,21H,8-11,13-14H2,1-2H3/t16-/m1/s1. The highest BCUT2D eigenvalue weighted by molar-refractivity contribution is 5.23. The van der Waals surface area contributed by atoms with Gasteiger partial charge in [0.2, 0.25) is 0 Å². The van der Waals surface area contributed by atoms with Crippen LogP contribution in [0.25, 0.3) is 0 Å². The number of furan rings is 1. The zero-order chi connectivity index (χ0) is 16.8. The Morgan fingerprint density at radius 3 is 2.71 bits per heavy atom. The first-order chi connectivity index (χ1) is 11.7. The molecule has 3 rings (SSSR count). The van der Waals surface area contributed by atoms with E-state index in [2.05, 4.69) is 36.5 Å². The van der Waals surface area contributed by atoms with E-state index in [9.17, 15) is 0 Å². The van der Waals surface area contributed by atoms with Gasteiger partial charge in [0.1, 0.15) is 11.5 Å². The van der Waals surface area contributed by atoms with Crippen molar-refractivity contribution in [2.45, 2.75) is 52.0 Å². The Labute approximate surface area is 144 Å². The summed E-state index contributed by atoms with van der Waals surface area (Å²) in [7, 11) is 0. The maximum absolute atomic E-state index is 6.01. The first-order valence-electron chi connectivity index (χ1n) is 8.77. The van der Waals surface area contributed by atoms with E-state index < -0.39 is 0 Å². The molecule has 0 radical (unpaired) electrons. The number of nitrogens with one attached hydrogen (secondary N) is 1. The summed E-state index contributed by atoms with van der Waals surface area (Å²) in [6.45, 7) is 7.21. The lowest BCUT2D eigenvalue weighted by Crippen LogP contribution is -2.23. The quantitative estimate of drug-likeness (QED) is 0.829. The molecule has 1 aliphatic heterocycles. The van der Waals surface area contributed by atoms with E-state index in [1.54, 1.807) is 0 Å². The molecule has 0 saturated carbocycles. The number of benzene rings is 1. The summed E-state index contributed by atoms with van der Waals surface area (Å²) in [5, 5.41) is 3.51. The van der Waals surface area contributed by atoms with Crippen molar-refractivity contribution < 1.29 is 13.9 Å². The van der Waals surface area contributed by atoms with E-state index in [0.717, 1.165) is 44.1 Å². The van der Waals surface area contributed by atoms with E-state index in [1.807, 2.05) is 19.1 Å². The Morgan fingerprint density at radius 2 is 1.96 bits per heavy atom. The van der Waals surface area contributed by atoms with Crippen LogP contribution in [0.2, 0.25) is 0 Å². The van der Waals surface area contributed by atoms with Crippen LogP contribution in [0.4, 0.5) is 0 Å². The SMILES string of the molecule is Cc1ccc([C@@H](C)NCc2cccc(COC3CCOCC3)c2)o1. The average molecular weight is 329 g/mol. The molecule has 24 heavy (non-hydrogen) atoms. The van der Waals surface area contributed by atoms with Crippen LogP contribution in [0.5, 0.6) is 0 Å². The summed E-state index contributed by atoms with van der Waals surface area (Å²) in [6.07, 6.45) is 2.34. The van der Waals surface area contributed by atoms with Gasteiger partial charge in [-0.15, -0.1) is 0 Å². The number of hydrogen-bond acceptors (Lipinski definition) is 4. The van der Waals surface area contributed by atoms with Gasteiger partial charge in [-0.05, 0) is 49.9 Å². The molecule has 0 bridgehead atoms. The van der Waals surface area contributed by atoms with Gasteiger partial charge >= 0.3 is 0 Å². The van der Waals surface area contributed by atoms with Crippen LogP contribution in [0.3, 0.4) is 0 Å². The second-order valence-corrected chi connectivity index (χ2v) is 6.49. The van der Waals surface area contributed by atoms with Crippen LogP contribution >= 0.6 is 0 Å². The van der Waals surface area contributed by atoms with Crippen molar-refractivity contribution >= 4 is 0 Å². The maximum atomic E-state index is 6.01.